The van der Waals surface area contributed by atoms with Crippen molar-refractivity contribution in [2.45, 2.75) is 32.1 Å². The first kappa shape index (κ1) is 16.9. The van der Waals surface area contributed by atoms with Crippen LogP contribution in [0.3, 0.4) is 0 Å². The maximum absolute atomic E-state index is 13.3. The Kier molecular flexibility index (Phi) is 5.11. The smallest absolute Gasteiger partial charge is 0.254 e. The summed E-state index contributed by atoms with van der Waals surface area (Å²) in [6.07, 6.45) is 5.37. The van der Waals surface area contributed by atoms with Gasteiger partial charge in [-0.15, -0.1) is 0 Å². The molecule has 0 radical (unpaired) electrons. The number of amides is 2. The molecule has 6 heteroatoms. The average molecular weight is 336 g/mol. The van der Waals surface area contributed by atoms with Crippen LogP contribution in [0.5, 0.6) is 0 Å². The van der Waals surface area contributed by atoms with Crippen LogP contribution in [-0.2, 0) is 4.79 Å². The van der Waals surface area contributed by atoms with Crippen LogP contribution in [0.4, 0.5) is 8.78 Å². The van der Waals surface area contributed by atoms with Gasteiger partial charge in [-0.1, -0.05) is 19.3 Å². The normalized spacial score (nSPS) is 19.4. The molecule has 0 atom stereocenters. The van der Waals surface area contributed by atoms with E-state index in [2.05, 4.69) is 0 Å². The topological polar surface area (TPSA) is 40.6 Å². The molecule has 1 aromatic rings. The minimum Gasteiger partial charge on any atom is -0.339 e. The van der Waals surface area contributed by atoms with Gasteiger partial charge in [0.15, 0.2) is 11.6 Å². The van der Waals surface area contributed by atoms with Crippen LogP contribution >= 0.6 is 0 Å². The Morgan fingerprint density at radius 2 is 1.50 bits per heavy atom. The molecule has 130 valence electrons. The molecular weight excluding hydrogens is 314 g/mol. The second kappa shape index (κ2) is 7.28. The molecule has 2 aliphatic rings. The maximum Gasteiger partial charge on any atom is 0.254 e. The molecule has 1 aliphatic heterocycles. The number of carbonyl (C=O) groups is 2. The zero-order valence-electron chi connectivity index (χ0n) is 13.6. The van der Waals surface area contributed by atoms with Crippen LogP contribution < -0.4 is 0 Å². The average Bonchev–Trinajstić information content (AvgIpc) is 2.63. The van der Waals surface area contributed by atoms with Gasteiger partial charge in [-0.05, 0) is 31.0 Å². The molecule has 0 aromatic heterocycles. The summed E-state index contributed by atoms with van der Waals surface area (Å²) in [5.41, 5.74) is 0.140. The van der Waals surface area contributed by atoms with Gasteiger partial charge < -0.3 is 9.80 Å². The highest BCUT2D eigenvalue weighted by Crippen LogP contribution is 2.26. The molecule has 2 fully saturated rings. The van der Waals surface area contributed by atoms with Gasteiger partial charge >= 0.3 is 0 Å². The first-order valence-corrected chi connectivity index (χ1v) is 8.59. The molecule has 0 N–H and O–H groups in total. The van der Waals surface area contributed by atoms with Crippen LogP contribution in [0, 0.1) is 17.6 Å². The molecule has 0 spiro atoms. The molecule has 2 amide bonds. The van der Waals surface area contributed by atoms with Crippen molar-refractivity contribution in [1.82, 2.24) is 9.80 Å². The van der Waals surface area contributed by atoms with Gasteiger partial charge in [0.2, 0.25) is 5.91 Å². The number of nitrogens with zero attached hydrogens (tertiary/aromatic N) is 2. The van der Waals surface area contributed by atoms with Crippen molar-refractivity contribution in [3.8, 4) is 0 Å². The lowest BCUT2D eigenvalue weighted by molar-refractivity contribution is -0.138. The van der Waals surface area contributed by atoms with E-state index in [9.17, 15) is 18.4 Å². The molecular formula is C18H22F2N2O2. The number of carbonyl (C=O) groups excluding carboxylic acids is 2. The third-order valence-corrected chi connectivity index (χ3v) is 5.00. The first-order valence-electron chi connectivity index (χ1n) is 8.59. The highest BCUT2D eigenvalue weighted by atomic mass is 19.2. The SMILES string of the molecule is O=C(c1ccc(F)c(F)c1)N1CCN(C(=O)C2CCCCC2)CC1. The first-order chi connectivity index (χ1) is 11.6. The molecule has 4 nitrogen and oxygen atoms in total. The molecule has 1 aromatic carbocycles. The Morgan fingerprint density at radius 3 is 2.12 bits per heavy atom. The van der Waals surface area contributed by atoms with E-state index in [1.54, 1.807) is 4.90 Å². The van der Waals surface area contributed by atoms with Crippen molar-refractivity contribution in [2.75, 3.05) is 26.2 Å². The second-order valence-corrected chi connectivity index (χ2v) is 6.58. The molecule has 3 rings (SSSR count). The minimum absolute atomic E-state index is 0.132. The standard InChI is InChI=1S/C18H22F2N2O2/c19-15-7-6-14(12-16(15)20)18(24)22-10-8-21(9-11-22)17(23)13-4-2-1-3-5-13/h6-7,12-13H,1-5,8-11H2. The van der Waals surface area contributed by atoms with Crippen molar-refractivity contribution in [3.05, 3.63) is 35.4 Å². The molecule has 0 bridgehead atoms. The number of rotatable bonds is 2. The lowest BCUT2D eigenvalue weighted by Crippen LogP contribution is -2.52. The Hall–Kier alpha value is -1.98. The Bertz CT molecular complexity index is 621. The van der Waals surface area contributed by atoms with Crippen LogP contribution in [0.15, 0.2) is 18.2 Å². The van der Waals surface area contributed by atoms with Gasteiger partial charge in [-0.25, -0.2) is 8.78 Å². The van der Waals surface area contributed by atoms with Gasteiger partial charge in [-0.2, -0.15) is 0 Å². The third kappa shape index (κ3) is 3.57. The predicted octanol–water partition coefficient (Wildman–Crippen LogP) is 2.83. The Morgan fingerprint density at radius 1 is 0.875 bits per heavy atom. The van der Waals surface area contributed by atoms with E-state index < -0.39 is 11.6 Å². The zero-order valence-corrected chi connectivity index (χ0v) is 13.6. The maximum atomic E-state index is 13.3. The van der Waals surface area contributed by atoms with E-state index in [1.807, 2.05) is 4.90 Å². The van der Waals surface area contributed by atoms with Gasteiger partial charge in [0.25, 0.3) is 5.91 Å². The van der Waals surface area contributed by atoms with Crippen molar-refractivity contribution < 1.29 is 18.4 Å². The quantitative estimate of drug-likeness (QED) is 0.833. The Balaban J connectivity index is 1.57. The van der Waals surface area contributed by atoms with E-state index in [0.29, 0.717) is 26.2 Å². The van der Waals surface area contributed by atoms with Crippen LogP contribution in [0.1, 0.15) is 42.5 Å². The van der Waals surface area contributed by atoms with Crippen molar-refractivity contribution >= 4 is 11.8 Å². The second-order valence-electron chi connectivity index (χ2n) is 6.58. The van der Waals surface area contributed by atoms with E-state index in [-0.39, 0.29) is 23.3 Å². The highest BCUT2D eigenvalue weighted by molar-refractivity contribution is 5.94. The van der Waals surface area contributed by atoms with E-state index in [0.717, 1.165) is 37.8 Å². The summed E-state index contributed by atoms with van der Waals surface area (Å²) in [6.45, 7) is 1.86. The monoisotopic (exact) mass is 336 g/mol. The summed E-state index contributed by atoms with van der Waals surface area (Å²) in [5, 5.41) is 0. The summed E-state index contributed by atoms with van der Waals surface area (Å²) in [7, 11) is 0. The lowest BCUT2D eigenvalue weighted by atomic mass is 9.88. The number of hydrogen-bond acceptors (Lipinski definition) is 2. The summed E-state index contributed by atoms with van der Waals surface area (Å²) < 4.78 is 26.3. The van der Waals surface area contributed by atoms with Gasteiger partial charge in [-0.3, -0.25) is 9.59 Å². The molecule has 1 aliphatic carbocycles. The van der Waals surface area contributed by atoms with Crippen molar-refractivity contribution in [3.63, 3.8) is 0 Å². The molecule has 24 heavy (non-hydrogen) atoms. The fraction of sp³-hybridized carbons (Fsp3) is 0.556. The molecule has 1 saturated carbocycles. The van der Waals surface area contributed by atoms with Crippen molar-refractivity contribution in [2.24, 2.45) is 5.92 Å². The number of piperazine rings is 1. The van der Waals surface area contributed by atoms with E-state index in [4.69, 9.17) is 0 Å². The largest absolute Gasteiger partial charge is 0.339 e. The van der Waals surface area contributed by atoms with Gasteiger partial charge in [0, 0.05) is 37.7 Å². The number of benzene rings is 1. The van der Waals surface area contributed by atoms with Gasteiger partial charge in [0.05, 0.1) is 0 Å². The van der Waals surface area contributed by atoms with Crippen LogP contribution in [0.2, 0.25) is 0 Å². The number of halogens is 2. The third-order valence-electron chi connectivity index (χ3n) is 5.00. The van der Waals surface area contributed by atoms with E-state index >= 15 is 0 Å². The minimum atomic E-state index is -1.02. The summed E-state index contributed by atoms with van der Waals surface area (Å²) >= 11 is 0. The molecule has 1 heterocycles. The lowest BCUT2D eigenvalue weighted by Gasteiger charge is -2.37. The van der Waals surface area contributed by atoms with Crippen molar-refractivity contribution in [1.29, 1.82) is 0 Å². The summed E-state index contributed by atoms with van der Waals surface area (Å²) in [6, 6.07) is 3.18. The van der Waals surface area contributed by atoms with Crippen LogP contribution in [0.25, 0.3) is 0 Å². The van der Waals surface area contributed by atoms with E-state index in [1.165, 1.54) is 12.5 Å². The summed E-state index contributed by atoms with van der Waals surface area (Å²) in [5.74, 6) is -1.97. The highest BCUT2D eigenvalue weighted by Gasteiger charge is 2.30. The predicted molar refractivity (Wildman–Crippen MR) is 85.4 cm³/mol. The van der Waals surface area contributed by atoms with Gasteiger partial charge in [0.1, 0.15) is 0 Å². The molecule has 0 unspecified atom stereocenters. The fourth-order valence-corrected chi connectivity index (χ4v) is 3.55. The summed E-state index contributed by atoms with van der Waals surface area (Å²) in [4.78, 5) is 28.3. The Labute approximate surface area is 140 Å². The molecule has 1 saturated heterocycles. The zero-order chi connectivity index (χ0) is 17.1. The number of hydrogen-bond donors (Lipinski definition) is 0. The fourth-order valence-electron chi connectivity index (χ4n) is 3.55. The van der Waals surface area contributed by atoms with Crippen LogP contribution in [-0.4, -0.2) is 47.8 Å².